The monoisotopic (exact) mass is 499 g/mol. The van der Waals surface area contributed by atoms with Crippen molar-refractivity contribution >= 4 is 36.0 Å². The highest BCUT2D eigenvalue weighted by atomic mass is 127. The third-order valence-electron chi connectivity index (χ3n) is 4.37. The van der Waals surface area contributed by atoms with Gasteiger partial charge in [0.2, 0.25) is 0 Å². The van der Waals surface area contributed by atoms with E-state index in [-0.39, 0.29) is 30.1 Å². The van der Waals surface area contributed by atoms with Crippen molar-refractivity contribution in [1.82, 2.24) is 29.9 Å². The number of aromatic nitrogens is 3. The summed E-state index contributed by atoms with van der Waals surface area (Å²) in [7, 11) is 1.75. The van der Waals surface area contributed by atoms with E-state index in [1.165, 1.54) is 0 Å². The normalized spacial score (nSPS) is 14.4. The molecule has 0 aliphatic carbocycles. The van der Waals surface area contributed by atoms with Crippen LogP contribution in [0.25, 0.3) is 5.69 Å². The molecule has 0 atom stereocenters. The van der Waals surface area contributed by atoms with Gasteiger partial charge >= 0.3 is 6.09 Å². The highest BCUT2D eigenvalue weighted by Crippen LogP contribution is 2.09. The Balaban J connectivity index is 0.00000280. The summed E-state index contributed by atoms with van der Waals surface area (Å²) in [6, 6.07) is 9.96. The van der Waals surface area contributed by atoms with Crippen molar-refractivity contribution in [2.45, 2.75) is 13.5 Å². The Kier molecular flexibility index (Phi) is 8.48. The molecule has 0 radical (unpaired) electrons. The molecule has 1 aromatic heterocycles. The number of carbonyl (C=O) groups excluding carboxylic acids is 1. The van der Waals surface area contributed by atoms with Crippen molar-refractivity contribution in [2.24, 2.45) is 4.99 Å². The van der Waals surface area contributed by atoms with E-state index in [4.69, 9.17) is 4.74 Å². The van der Waals surface area contributed by atoms with Crippen molar-refractivity contribution in [1.29, 1.82) is 0 Å². The molecule has 1 aliphatic heterocycles. The summed E-state index contributed by atoms with van der Waals surface area (Å²) in [5.74, 6) is 1.58. The number of carbonyl (C=O) groups is 1. The van der Waals surface area contributed by atoms with E-state index < -0.39 is 0 Å². The first kappa shape index (κ1) is 21.9. The predicted octanol–water partition coefficient (Wildman–Crippen LogP) is 1.73. The van der Waals surface area contributed by atoms with E-state index in [1.54, 1.807) is 18.3 Å². The Morgan fingerprint density at radius 1 is 1.18 bits per heavy atom. The van der Waals surface area contributed by atoms with Crippen LogP contribution in [0.15, 0.2) is 41.7 Å². The number of halogens is 1. The third kappa shape index (κ3) is 5.33. The van der Waals surface area contributed by atoms with Crippen LogP contribution < -0.4 is 5.32 Å². The SMILES string of the molecule is CCOC(=O)N1CCN(C(=NC)NCc2nncn2-c2ccccc2)CC1.I. The standard InChI is InChI=1S/C18H25N7O2.HI/c1-3-27-18(26)24-11-9-23(10-12-24)17(19-2)20-13-16-22-21-14-25(16)15-7-5-4-6-8-15;/h4-8,14H,3,9-13H2,1-2H3,(H,19,20);1H. The van der Waals surface area contributed by atoms with Crippen molar-refractivity contribution < 1.29 is 9.53 Å². The van der Waals surface area contributed by atoms with Gasteiger partial charge in [-0.15, -0.1) is 34.2 Å². The molecule has 1 fully saturated rings. The summed E-state index contributed by atoms with van der Waals surface area (Å²) in [6.07, 6.45) is 1.45. The average molecular weight is 499 g/mol. The van der Waals surface area contributed by atoms with E-state index in [0.29, 0.717) is 39.3 Å². The Labute approximate surface area is 181 Å². The van der Waals surface area contributed by atoms with E-state index in [1.807, 2.05) is 41.8 Å². The van der Waals surface area contributed by atoms with Crippen molar-refractivity contribution in [3.8, 4) is 5.69 Å². The van der Waals surface area contributed by atoms with Gasteiger partial charge in [0.25, 0.3) is 0 Å². The summed E-state index contributed by atoms with van der Waals surface area (Å²) in [6.45, 7) is 5.32. The first-order valence-electron chi connectivity index (χ1n) is 9.04. The number of piperazine rings is 1. The van der Waals surface area contributed by atoms with E-state index in [2.05, 4.69) is 25.4 Å². The molecule has 2 heterocycles. The topological polar surface area (TPSA) is 87.9 Å². The maximum Gasteiger partial charge on any atom is 0.409 e. The maximum absolute atomic E-state index is 11.8. The van der Waals surface area contributed by atoms with Crippen LogP contribution in [-0.2, 0) is 11.3 Å². The largest absolute Gasteiger partial charge is 0.450 e. The second kappa shape index (κ2) is 10.8. The van der Waals surface area contributed by atoms with E-state index in [0.717, 1.165) is 17.5 Å². The quantitative estimate of drug-likeness (QED) is 0.392. The lowest BCUT2D eigenvalue weighted by atomic mass is 10.3. The van der Waals surface area contributed by atoms with Crippen LogP contribution in [0.5, 0.6) is 0 Å². The van der Waals surface area contributed by atoms with Crippen molar-refractivity contribution in [3.63, 3.8) is 0 Å². The second-order valence-corrected chi connectivity index (χ2v) is 6.03. The fraction of sp³-hybridized carbons (Fsp3) is 0.444. The third-order valence-corrected chi connectivity index (χ3v) is 4.37. The van der Waals surface area contributed by atoms with Crippen LogP contribution in [0.2, 0.25) is 0 Å². The predicted molar refractivity (Wildman–Crippen MR) is 117 cm³/mol. The Hall–Kier alpha value is -2.37. The molecule has 0 spiro atoms. The molecule has 1 aliphatic rings. The van der Waals surface area contributed by atoms with Crippen LogP contribution in [0.4, 0.5) is 4.79 Å². The van der Waals surface area contributed by atoms with Crippen LogP contribution in [-0.4, -0.2) is 76.5 Å². The van der Waals surface area contributed by atoms with Gasteiger partial charge in [-0.1, -0.05) is 18.2 Å². The summed E-state index contributed by atoms with van der Waals surface area (Å²) in [5.41, 5.74) is 1.01. The molecule has 1 N–H and O–H groups in total. The minimum atomic E-state index is -0.254. The number of benzene rings is 1. The number of para-hydroxylation sites is 1. The van der Waals surface area contributed by atoms with Crippen molar-refractivity contribution in [2.75, 3.05) is 39.8 Å². The van der Waals surface area contributed by atoms with Gasteiger partial charge in [0.05, 0.1) is 13.2 Å². The minimum Gasteiger partial charge on any atom is -0.450 e. The number of amides is 1. The maximum atomic E-state index is 11.8. The van der Waals surface area contributed by atoms with Crippen LogP contribution in [0.3, 0.4) is 0 Å². The number of ether oxygens (including phenoxy) is 1. The molecule has 0 saturated carbocycles. The summed E-state index contributed by atoms with van der Waals surface area (Å²) in [4.78, 5) is 20.0. The van der Waals surface area contributed by atoms with Gasteiger partial charge in [0.1, 0.15) is 6.33 Å². The number of hydrogen-bond acceptors (Lipinski definition) is 5. The molecular formula is C18H26IN7O2. The van der Waals surface area contributed by atoms with Gasteiger partial charge in [-0.3, -0.25) is 9.56 Å². The molecule has 152 valence electrons. The average Bonchev–Trinajstić information content (AvgIpc) is 3.18. The number of aliphatic imine (C=N–C) groups is 1. The fourth-order valence-corrected chi connectivity index (χ4v) is 2.99. The van der Waals surface area contributed by atoms with Gasteiger partial charge in [0.15, 0.2) is 11.8 Å². The van der Waals surface area contributed by atoms with Gasteiger partial charge in [-0.2, -0.15) is 0 Å². The first-order valence-corrected chi connectivity index (χ1v) is 9.04. The molecule has 9 nitrogen and oxygen atoms in total. The zero-order valence-corrected chi connectivity index (χ0v) is 18.4. The van der Waals surface area contributed by atoms with E-state index >= 15 is 0 Å². The molecular weight excluding hydrogens is 473 g/mol. The molecule has 2 aromatic rings. The Morgan fingerprint density at radius 3 is 2.50 bits per heavy atom. The summed E-state index contributed by atoms with van der Waals surface area (Å²) < 4.78 is 7.00. The molecule has 0 unspecified atom stereocenters. The zero-order chi connectivity index (χ0) is 19.1. The van der Waals surface area contributed by atoms with E-state index in [9.17, 15) is 4.79 Å². The summed E-state index contributed by atoms with van der Waals surface area (Å²) >= 11 is 0. The minimum absolute atomic E-state index is 0. The highest BCUT2D eigenvalue weighted by molar-refractivity contribution is 14.0. The molecule has 10 heteroatoms. The van der Waals surface area contributed by atoms with Crippen molar-refractivity contribution in [3.05, 3.63) is 42.5 Å². The molecule has 3 rings (SSSR count). The smallest absolute Gasteiger partial charge is 0.409 e. The summed E-state index contributed by atoms with van der Waals surface area (Å²) in [5, 5.41) is 11.6. The fourth-order valence-electron chi connectivity index (χ4n) is 2.99. The number of hydrogen-bond donors (Lipinski definition) is 1. The second-order valence-electron chi connectivity index (χ2n) is 6.03. The Bertz CT molecular complexity index is 773. The molecule has 28 heavy (non-hydrogen) atoms. The van der Waals surface area contributed by atoms with Crippen LogP contribution in [0.1, 0.15) is 12.7 Å². The molecule has 1 amide bonds. The van der Waals surface area contributed by atoms with Gasteiger partial charge in [-0.25, -0.2) is 4.79 Å². The van der Waals surface area contributed by atoms with Gasteiger partial charge < -0.3 is 19.9 Å². The number of guanidine groups is 1. The van der Waals surface area contributed by atoms with Crippen LogP contribution >= 0.6 is 24.0 Å². The highest BCUT2D eigenvalue weighted by Gasteiger charge is 2.23. The molecule has 1 saturated heterocycles. The lowest BCUT2D eigenvalue weighted by Crippen LogP contribution is -2.53. The lowest BCUT2D eigenvalue weighted by Gasteiger charge is -2.35. The lowest BCUT2D eigenvalue weighted by molar-refractivity contribution is 0.0914. The molecule has 0 bridgehead atoms. The van der Waals surface area contributed by atoms with Crippen LogP contribution in [0, 0.1) is 0 Å². The van der Waals surface area contributed by atoms with Gasteiger partial charge in [-0.05, 0) is 19.1 Å². The number of nitrogens with zero attached hydrogens (tertiary/aromatic N) is 6. The first-order chi connectivity index (χ1) is 13.2. The zero-order valence-electron chi connectivity index (χ0n) is 16.1. The number of nitrogens with one attached hydrogen (secondary N) is 1. The Morgan fingerprint density at radius 2 is 1.86 bits per heavy atom. The van der Waals surface area contributed by atoms with Gasteiger partial charge in [0, 0.05) is 38.9 Å². The molecule has 1 aromatic carbocycles. The number of rotatable bonds is 4.